The van der Waals surface area contributed by atoms with Crippen LogP contribution in [0.4, 0.5) is 0 Å². The quantitative estimate of drug-likeness (QED) is 0.746. The average Bonchev–Trinajstić information content (AvgIpc) is 2.85. The summed E-state index contributed by atoms with van der Waals surface area (Å²) < 4.78 is 1.13. The minimum atomic E-state index is -1.02. The van der Waals surface area contributed by atoms with E-state index in [0.717, 1.165) is 17.5 Å². The SMILES string of the molecule is CCC1CC1NC(=O)c1cn(CC(=O)O)nn1. The van der Waals surface area contributed by atoms with Crippen LogP contribution in [0.5, 0.6) is 0 Å². The third-order valence-corrected chi connectivity index (χ3v) is 2.83. The molecule has 1 aromatic rings. The van der Waals surface area contributed by atoms with Crippen molar-refractivity contribution in [1.29, 1.82) is 0 Å². The second kappa shape index (κ2) is 4.52. The van der Waals surface area contributed by atoms with Crippen LogP contribution in [0, 0.1) is 5.92 Å². The Bertz CT molecular complexity index is 443. The van der Waals surface area contributed by atoms with Gasteiger partial charge in [-0.15, -0.1) is 5.10 Å². The van der Waals surface area contributed by atoms with Gasteiger partial charge in [0.05, 0.1) is 6.20 Å². The third-order valence-electron chi connectivity index (χ3n) is 2.83. The summed E-state index contributed by atoms with van der Waals surface area (Å²) in [6, 6.07) is 0.233. The fraction of sp³-hybridized carbons (Fsp3) is 0.600. The number of aromatic nitrogens is 3. The molecule has 1 aromatic heterocycles. The molecule has 2 unspecified atom stereocenters. The van der Waals surface area contributed by atoms with E-state index in [-0.39, 0.29) is 24.2 Å². The number of rotatable bonds is 5. The Labute approximate surface area is 97.8 Å². The van der Waals surface area contributed by atoms with Crippen molar-refractivity contribution in [2.45, 2.75) is 32.4 Å². The van der Waals surface area contributed by atoms with E-state index in [9.17, 15) is 9.59 Å². The average molecular weight is 238 g/mol. The van der Waals surface area contributed by atoms with Gasteiger partial charge >= 0.3 is 5.97 Å². The van der Waals surface area contributed by atoms with Crippen LogP contribution < -0.4 is 5.32 Å². The van der Waals surface area contributed by atoms with Crippen LogP contribution >= 0.6 is 0 Å². The zero-order chi connectivity index (χ0) is 12.4. The molecule has 1 heterocycles. The van der Waals surface area contributed by atoms with E-state index < -0.39 is 5.97 Å². The molecule has 0 bridgehead atoms. The number of hydrogen-bond donors (Lipinski definition) is 2. The standard InChI is InChI=1S/C10H14N4O3/c1-2-6-3-7(6)11-10(17)8-4-14(13-12-8)5-9(15)16/h4,6-7H,2-3,5H2,1H3,(H,11,17)(H,15,16). The molecule has 17 heavy (non-hydrogen) atoms. The Kier molecular flexibility index (Phi) is 3.08. The second-order valence-electron chi connectivity index (χ2n) is 4.18. The summed E-state index contributed by atoms with van der Waals surface area (Å²) in [6.07, 6.45) is 3.40. The first kappa shape index (κ1) is 11.6. The second-order valence-corrected chi connectivity index (χ2v) is 4.18. The molecule has 1 fully saturated rings. The van der Waals surface area contributed by atoms with Crippen molar-refractivity contribution in [3.05, 3.63) is 11.9 Å². The van der Waals surface area contributed by atoms with Crippen LogP contribution in [-0.2, 0) is 11.3 Å². The van der Waals surface area contributed by atoms with Crippen molar-refractivity contribution in [1.82, 2.24) is 20.3 Å². The molecule has 7 nitrogen and oxygen atoms in total. The number of amides is 1. The lowest BCUT2D eigenvalue weighted by Gasteiger charge is -1.99. The number of carbonyl (C=O) groups excluding carboxylic acids is 1. The van der Waals surface area contributed by atoms with Crippen molar-refractivity contribution >= 4 is 11.9 Å². The van der Waals surface area contributed by atoms with Gasteiger partial charge in [-0.3, -0.25) is 9.59 Å². The fourth-order valence-corrected chi connectivity index (χ4v) is 1.74. The van der Waals surface area contributed by atoms with Crippen molar-refractivity contribution in [2.24, 2.45) is 5.92 Å². The lowest BCUT2D eigenvalue weighted by Crippen LogP contribution is -2.27. The number of carboxylic acid groups (broad SMARTS) is 1. The van der Waals surface area contributed by atoms with E-state index in [1.54, 1.807) is 0 Å². The Balaban J connectivity index is 1.91. The summed E-state index contributed by atoms with van der Waals surface area (Å²) in [5, 5.41) is 18.6. The molecule has 1 amide bonds. The smallest absolute Gasteiger partial charge is 0.325 e. The summed E-state index contributed by atoms with van der Waals surface area (Å²) in [5.74, 6) is -0.745. The first-order chi connectivity index (χ1) is 8.10. The Morgan fingerprint density at radius 2 is 2.41 bits per heavy atom. The number of nitrogens with one attached hydrogen (secondary N) is 1. The summed E-state index contributed by atoms with van der Waals surface area (Å²) in [5.41, 5.74) is 0.160. The highest BCUT2D eigenvalue weighted by molar-refractivity contribution is 5.92. The lowest BCUT2D eigenvalue weighted by molar-refractivity contribution is -0.137. The van der Waals surface area contributed by atoms with Gasteiger partial charge in [0.2, 0.25) is 0 Å². The zero-order valence-corrected chi connectivity index (χ0v) is 9.46. The molecule has 2 atom stereocenters. The van der Waals surface area contributed by atoms with Gasteiger partial charge in [-0.05, 0) is 12.3 Å². The number of aliphatic carboxylic acids is 1. The van der Waals surface area contributed by atoms with Crippen LogP contribution in [-0.4, -0.2) is 38.0 Å². The third kappa shape index (κ3) is 2.80. The van der Waals surface area contributed by atoms with Crippen LogP contribution in [0.3, 0.4) is 0 Å². The largest absolute Gasteiger partial charge is 0.480 e. The first-order valence-corrected chi connectivity index (χ1v) is 5.53. The van der Waals surface area contributed by atoms with E-state index in [0.29, 0.717) is 5.92 Å². The molecule has 1 aliphatic carbocycles. The summed E-state index contributed by atoms with van der Waals surface area (Å²) in [4.78, 5) is 22.1. The topological polar surface area (TPSA) is 97.1 Å². The van der Waals surface area contributed by atoms with Gasteiger partial charge in [0, 0.05) is 6.04 Å². The van der Waals surface area contributed by atoms with E-state index in [4.69, 9.17) is 5.11 Å². The molecule has 1 saturated carbocycles. The van der Waals surface area contributed by atoms with Gasteiger partial charge in [-0.25, -0.2) is 4.68 Å². The van der Waals surface area contributed by atoms with Crippen molar-refractivity contribution in [2.75, 3.05) is 0 Å². The van der Waals surface area contributed by atoms with Crippen LogP contribution in [0.1, 0.15) is 30.3 Å². The zero-order valence-electron chi connectivity index (χ0n) is 9.46. The van der Waals surface area contributed by atoms with Crippen LogP contribution in [0.2, 0.25) is 0 Å². The Morgan fingerprint density at radius 3 is 3.00 bits per heavy atom. The van der Waals surface area contributed by atoms with E-state index in [1.807, 2.05) is 0 Å². The minimum absolute atomic E-state index is 0.160. The first-order valence-electron chi connectivity index (χ1n) is 5.53. The normalized spacial score (nSPS) is 22.2. The Hall–Kier alpha value is -1.92. The van der Waals surface area contributed by atoms with Gasteiger partial charge in [-0.2, -0.15) is 0 Å². The summed E-state index contributed by atoms with van der Waals surface area (Å²) in [6.45, 7) is 1.79. The molecule has 1 aliphatic rings. The van der Waals surface area contributed by atoms with E-state index in [2.05, 4.69) is 22.6 Å². The van der Waals surface area contributed by atoms with Gasteiger partial charge in [0.25, 0.3) is 5.91 Å². The molecule has 2 rings (SSSR count). The minimum Gasteiger partial charge on any atom is -0.480 e. The van der Waals surface area contributed by atoms with E-state index in [1.165, 1.54) is 6.20 Å². The molecule has 92 valence electrons. The maximum atomic E-state index is 11.7. The van der Waals surface area contributed by atoms with E-state index >= 15 is 0 Å². The maximum Gasteiger partial charge on any atom is 0.325 e. The lowest BCUT2D eigenvalue weighted by atomic mass is 10.3. The predicted octanol–water partition coefficient (Wildman–Crippen LogP) is -0.109. The van der Waals surface area contributed by atoms with Gasteiger partial charge in [0.1, 0.15) is 6.54 Å². The highest BCUT2D eigenvalue weighted by Crippen LogP contribution is 2.33. The molecule has 0 radical (unpaired) electrons. The van der Waals surface area contributed by atoms with Gasteiger partial charge in [-0.1, -0.05) is 18.6 Å². The van der Waals surface area contributed by atoms with Crippen molar-refractivity contribution in [3.8, 4) is 0 Å². The van der Waals surface area contributed by atoms with Crippen LogP contribution in [0.15, 0.2) is 6.20 Å². The number of nitrogens with zero attached hydrogens (tertiary/aromatic N) is 3. The van der Waals surface area contributed by atoms with Crippen molar-refractivity contribution < 1.29 is 14.7 Å². The van der Waals surface area contributed by atoms with Gasteiger partial charge in [0.15, 0.2) is 5.69 Å². The Morgan fingerprint density at radius 1 is 1.65 bits per heavy atom. The highest BCUT2D eigenvalue weighted by atomic mass is 16.4. The fourth-order valence-electron chi connectivity index (χ4n) is 1.74. The summed E-state index contributed by atoms with van der Waals surface area (Å²) in [7, 11) is 0. The molecule has 0 aromatic carbocycles. The molecule has 0 aliphatic heterocycles. The number of hydrogen-bond acceptors (Lipinski definition) is 4. The molecular formula is C10H14N4O3. The molecule has 0 spiro atoms. The highest BCUT2D eigenvalue weighted by Gasteiger charge is 2.36. The maximum absolute atomic E-state index is 11.7. The van der Waals surface area contributed by atoms with Gasteiger partial charge < -0.3 is 10.4 Å². The van der Waals surface area contributed by atoms with Crippen LogP contribution in [0.25, 0.3) is 0 Å². The predicted molar refractivity (Wildman–Crippen MR) is 57.3 cm³/mol. The molecule has 2 N–H and O–H groups in total. The molecule has 7 heteroatoms. The molecule has 0 saturated heterocycles. The van der Waals surface area contributed by atoms with Crippen molar-refractivity contribution in [3.63, 3.8) is 0 Å². The summed E-state index contributed by atoms with van der Waals surface area (Å²) >= 11 is 0. The number of carboxylic acids is 1. The monoisotopic (exact) mass is 238 g/mol. The molecular weight excluding hydrogens is 224 g/mol. The number of carbonyl (C=O) groups is 2.